The molecule has 1 atom stereocenters. The van der Waals surface area contributed by atoms with Gasteiger partial charge in [0.1, 0.15) is 11.9 Å². The van der Waals surface area contributed by atoms with Crippen molar-refractivity contribution in [2.24, 2.45) is 0 Å². The molecule has 0 spiro atoms. The topological polar surface area (TPSA) is 72.3 Å². The quantitative estimate of drug-likeness (QED) is 0.755. The number of benzene rings is 1. The number of nitrogens with one attached hydrogen (secondary N) is 2. The SMILES string of the molecule is COc1ccccc1NC(=O)C[NH+]1CCN(C(=O)[C@H]2CCCO2)CC1. The van der Waals surface area contributed by atoms with Crippen LogP contribution >= 0.6 is 0 Å². The molecule has 0 bridgehead atoms. The van der Waals surface area contributed by atoms with Crippen molar-refractivity contribution >= 4 is 17.5 Å². The van der Waals surface area contributed by atoms with Gasteiger partial charge in [-0.1, -0.05) is 12.1 Å². The zero-order valence-electron chi connectivity index (χ0n) is 14.6. The number of rotatable bonds is 5. The van der Waals surface area contributed by atoms with E-state index < -0.39 is 0 Å². The highest BCUT2D eigenvalue weighted by Crippen LogP contribution is 2.22. The molecule has 0 unspecified atom stereocenters. The second kappa shape index (κ2) is 8.31. The average Bonchev–Trinajstić information content (AvgIpc) is 3.17. The Morgan fingerprint density at radius 2 is 2.08 bits per heavy atom. The van der Waals surface area contributed by atoms with E-state index >= 15 is 0 Å². The summed E-state index contributed by atoms with van der Waals surface area (Å²) in [5.41, 5.74) is 0.682. The van der Waals surface area contributed by atoms with Crippen LogP contribution in [0.15, 0.2) is 24.3 Å². The van der Waals surface area contributed by atoms with Crippen molar-refractivity contribution in [1.29, 1.82) is 0 Å². The number of para-hydroxylation sites is 2. The van der Waals surface area contributed by atoms with Crippen molar-refractivity contribution in [1.82, 2.24) is 4.90 Å². The van der Waals surface area contributed by atoms with Gasteiger partial charge in [-0.15, -0.1) is 0 Å². The van der Waals surface area contributed by atoms with E-state index in [4.69, 9.17) is 9.47 Å². The van der Waals surface area contributed by atoms with Gasteiger partial charge < -0.3 is 24.6 Å². The molecular weight excluding hydrogens is 322 g/mol. The summed E-state index contributed by atoms with van der Waals surface area (Å²) in [6, 6.07) is 7.37. The zero-order valence-corrected chi connectivity index (χ0v) is 14.6. The van der Waals surface area contributed by atoms with Gasteiger partial charge >= 0.3 is 0 Å². The first-order valence-electron chi connectivity index (χ1n) is 8.84. The van der Waals surface area contributed by atoms with Crippen molar-refractivity contribution < 1.29 is 24.0 Å². The number of hydrogen-bond acceptors (Lipinski definition) is 4. The summed E-state index contributed by atoms with van der Waals surface area (Å²) in [6.45, 7) is 3.98. The molecule has 2 fully saturated rings. The standard InChI is InChI=1S/C18H25N3O4/c1-24-15-6-3-2-5-14(15)19-17(22)13-20-8-10-21(11-9-20)18(23)16-7-4-12-25-16/h2-3,5-6,16H,4,7-13H2,1H3,(H,19,22)/p+1/t16-/m1/s1. The number of methoxy groups -OCH3 is 1. The molecular formula is C18H26N3O4+. The van der Waals surface area contributed by atoms with Gasteiger partial charge in [0.15, 0.2) is 6.54 Å². The monoisotopic (exact) mass is 348 g/mol. The molecule has 0 aromatic heterocycles. The third-order valence-corrected chi connectivity index (χ3v) is 4.78. The van der Waals surface area contributed by atoms with E-state index in [1.54, 1.807) is 7.11 Å². The summed E-state index contributed by atoms with van der Waals surface area (Å²) in [6.07, 6.45) is 1.54. The maximum Gasteiger partial charge on any atom is 0.279 e. The van der Waals surface area contributed by atoms with Crippen LogP contribution in [0.3, 0.4) is 0 Å². The Hall–Kier alpha value is -2.12. The van der Waals surface area contributed by atoms with E-state index in [0.717, 1.165) is 25.9 Å². The minimum absolute atomic E-state index is 0.0431. The molecule has 7 heteroatoms. The number of quaternary nitrogens is 1. The number of nitrogens with zero attached hydrogens (tertiary/aromatic N) is 1. The smallest absolute Gasteiger partial charge is 0.279 e. The average molecular weight is 348 g/mol. The number of carbonyl (C=O) groups is 2. The molecule has 0 radical (unpaired) electrons. The first-order chi connectivity index (χ1) is 12.2. The Balaban J connectivity index is 1.45. The minimum atomic E-state index is -0.254. The molecule has 0 aliphatic carbocycles. The fraction of sp³-hybridized carbons (Fsp3) is 0.556. The van der Waals surface area contributed by atoms with Gasteiger partial charge in [-0.25, -0.2) is 0 Å². The Kier molecular flexibility index (Phi) is 5.88. The molecule has 3 rings (SSSR count). The Labute approximate surface area is 147 Å². The number of ether oxygens (including phenoxy) is 2. The molecule has 136 valence electrons. The molecule has 2 N–H and O–H groups in total. The van der Waals surface area contributed by atoms with Gasteiger partial charge in [0.25, 0.3) is 11.8 Å². The number of carbonyl (C=O) groups excluding carboxylic acids is 2. The van der Waals surface area contributed by atoms with Crippen LogP contribution in [0, 0.1) is 0 Å². The van der Waals surface area contributed by atoms with E-state index in [9.17, 15) is 9.59 Å². The van der Waals surface area contributed by atoms with Crippen molar-refractivity contribution in [2.75, 3.05) is 51.8 Å². The molecule has 7 nitrogen and oxygen atoms in total. The molecule has 1 aromatic rings. The molecule has 2 saturated heterocycles. The fourth-order valence-corrected chi connectivity index (χ4v) is 3.37. The maximum atomic E-state index is 12.3. The molecule has 1 aromatic carbocycles. The van der Waals surface area contributed by atoms with E-state index in [-0.39, 0.29) is 17.9 Å². The number of piperazine rings is 1. The summed E-state index contributed by atoms with van der Waals surface area (Å²) in [5, 5.41) is 2.90. The van der Waals surface area contributed by atoms with Gasteiger partial charge in [0.05, 0.1) is 39.0 Å². The van der Waals surface area contributed by atoms with Crippen molar-refractivity contribution in [2.45, 2.75) is 18.9 Å². The van der Waals surface area contributed by atoms with Crippen LogP contribution in [-0.2, 0) is 14.3 Å². The van der Waals surface area contributed by atoms with Crippen LogP contribution in [0.4, 0.5) is 5.69 Å². The summed E-state index contributed by atoms with van der Waals surface area (Å²) in [4.78, 5) is 27.7. The molecule has 0 saturated carbocycles. The first kappa shape index (κ1) is 17.7. The molecule has 2 aliphatic heterocycles. The normalized spacial score (nSPS) is 21.2. The predicted molar refractivity (Wildman–Crippen MR) is 92.7 cm³/mol. The molecule has 25 heavy (non-hydrogen) atoms. The third-order valence-electron chi connectivity index (χ3n) is 4.78. The summed E-state index contributed by atoms with van der Waals surface area (Å²) in [5.74, 6) is 0.714. The van der Waals surface area contributed by atoms with Crippen LogP contribution < -0.4 is 15.0 Å². The van der Waals surface area contributed by atoms with Gasteiger partial charge in [-0.3, -0.25) is 9.59 Å². The van der Waals surface area contributed by atoms with Crippen molar-refractivity contribution in [3.05, 3.63) is 24.3 Å². The molecule has 2 heterocycles. The molecule has 2 aliphatic rings. The Bertz CT molecular complexity index is 608. The van der Waals surface area contributed by atoms with Crippen LogP contribution in [-0.4, -0.2) is 69.3 Å². The highest BCUT2D eigenvalue weighted by Gasteiger charge is 2.32. The lowest BCUT2D eigenvalue weighted by Gasteiger charge is -2.33. The lowest BCUT2D eigenvalue weighted by Crippen LogP contribution is -3.15. The highest BCUT2D eigenvalue weighted by molar-refractivity contribution is 5.92. The van der Waals surface area contributed by atoms with Crippen LogP contribution in [0.25, 0.3) is 0 Å². The Morgan fingerprint density at radius 1 is 1.32 bits per heavy atom. The predicted octanol–water partition coefficient (Wildman–Crippen LogP) is -0.460. The zero-order chi connectivity index (χ0) is 17.6. The summed E-state index contributed by atoms with van der Waals surface area (Å²) >= 11 is 0. The lowest BCUT2D eigenvalue weighted by molar-refractivity contribution is -0.895. The Morgan fingerprint density at radius 3 is 2.76 bits per heavy atom. The largest absolute Gasteiger partial charge is 0.495 e. The summed E-state index contributed by atoms with van der Waals surface area (Å²) < 4.78 is 10.7. The van der Waals surface area contributed by atoms with Gasteiger partial charge in [0.2, 0.25) is 0 Å². The van der Waals surface area contributed by atoms with Crippen molar-refractivity contribution in [3.63, 3.8) is 0 Å². The fourth-order valence-electron chi connectivity index (χ4n) is 3.37. The minimum Gasteiger partial charge on any atom is -0.495 e. The number of amides is 2. The number of anilines is 1. The van der Waals surface area contributed by atoms with E-state index in [2.05, 4.69) is 5.32 Å². The summed E-state index contributed by atoms with van der Waals surface area (Å²) in [7, 11) is 1.58. The van der Waals surface area contributed by atoms with Crippen molar-refractivity contribution in [3.8, 4) is 5.75 Å². The molecule has 2 amide bonds. The lowest BCUT2D eigenvalue weighted by atomic mass is 10.2. The first-order valence-corrected chi connectivity index (χ1v) is 8.84. The van der Waals surface area contributed by atoms with Crippen LogP contribution in [0.2, 0.25) is 0 Å². The third kappa shape index (κ3) is 4.49. The van der Waals surface area contributed by atoms with E-state index in [1.165, 1.54) is 4.90 Å². The van der Waals surface area contributed by atoms with Crippen LogP contribution in [0.1, 0.15) is 12.8 Å². The van der Waals surface area contributed by atoms with Gasteiger partial charge in [-0.05, 0) is 25.0 Å². The second-order valence-corrected chi connectivity index (χ2v) is 6.50. The second-order valence-electron chi connectivity index (χ2n) is 6.50. The van der Waals surface area contributed by atoms with E-state index in [1.807, 2.05) is 29.2 Å². The van der Waals surface area contributed by atoms with Crippen LogP contribution in [0.5, 0.6) is 5.75 Å². The van der Waals surface area contributed by atoms with Gasteiger partial charge in [-0.2, -0.15) is 0 Å². The number of hydrogen-bond donors (Lipinski definition) is 2. The van der Waals surface area contributed by atoms with Gasteiger partial charge in [0, 0.05) is 6.61 Å². The van der Waals surface area contributed by atoms with E-state index in [0.29, 0.717) is 37.7 Å². The highest BCUT2D eigenvalue weighted by atomic mass is 16.5. The maximum absolute atomic E-state index is 12.3.